The van der Waals surface area contributed by atoms with Gasteiger partial charge in [-0.25, -0.2) is 0 Å². The number of nitrogens with zero attached hydrogens (tertiary/aromatic N) is 1. The van der Waals surface area contributed by atoms with E-state index < -0.39 is 0 Å². The molecule has 108 valence electrons. The van der Waals surface area contributed by atoms with Crippen LogP contribution < -0.4 is 10.1 Å². The highest BCUT2D eigenvalue weighted by molar-refractivity contribution is 5.83. The predicted octanol–water partition coefficient (Wildman–Crippen LogP) is 3.69. The number of para-hydroxylation sites is 1. The van der Waals surface area contributed by atoms with E-state index in [9.17, 15) is 0 Å². The summed E-state index contributed by atoms with van der Waals surface area (Å²) < 4.78 is 11.2. The van der Waals surface area contributed by atoms with Gasteiger partial charge in [-0.05, 0) is 31.2 Å². The number of hydrogen-bond donors (Lipinski definition) is 1. The van der Waals surface area contributed by atoms with Gasteiger partial charge in [-0.2, -0.15) is 0 Å². The first-order chi connectivity index (χ1) is 10.3. The molecule has 0 amide bonds. The Hall–Kier alpha value is -2.33. The van der Waals surface area contributed by atoms with Gasteiger partial charge in [-0.3, -0.25) is 4.98 Å². The second-order valence-electron chi connectivity index (χ2n) is 4.95. The third kappa shape index (κ3) is 2.90. The van der Waals surface area contributed by atoms with Crippen LogP contribution in [-0.4, -0.2) is 12.1 Å². The molecule has 1 N–H and O–H groups in total. The van der Waals surface area contributed by atoms with E-state index in [1.165, 1.54) is 0 Å². The molecule has 2 aromatic heterocycles. The summed E-state index contributed by atoms with van der Waals surface area (Å²) in [6, 6.07) is 14.0. The van der Waals surface area contributed by atoms with Crippen LogP contribution in [0.3, 0.4) is 0 Å². The van der Waals surface area contributed by atoms with E-state index in [0.717, 1.165) is 28.2 Å². The zero-order chi connectivity index (χ0) is 14.7. The number of nitrogens with one attached hydrogen (secondary N) is 1. The third-order valence-corrected chi connectivity index (χ3v) is 3.49. The molecule has 0 aliphatic heterocycles. The van der Waals surface area contributed by atoms with Gasteiger partial charge in [-0.1, -0.05) is 18.2 Å². The van der Waals surface area contributed by atoms with Crippen LogP contribution in [0, 0.1) is 0 Å². The van der Waals surface area contributed by atoms with E-state index in [2.05, 4.69) is 17.2 Å². The topological polar surface area (TPSA) is 47.3 Å². The second-order valence-corrected chi connectivity index (χ2v) is 4.95. The fourth-order valence-corrected chi connectivity index (χ4v) is 2.33. The van der Waals surface area contributed by atoms with Gasteiger partial charge < -0.3 is 14.5 Å². The molecule has 2 heterocycles. The van der Waals surface area contributed by atoms with Crippen LogP contribution in [0.2, 0.25) is 0 Å². The molecule has 4 heteroatoms. The molecule has 0 fully saturated rings. The van der Waals surface area contributed by atoms with Crippen LogP contribution in [0.5, 0.6) is 5.75 Å². The molecule has 0 bridgehead atoms. The highest BCUT2D eigenvalue weighted by Gasteiger charge is 2.10. The number of fused-ring (bicyclic) bond motifs is 1. The average Bonchev–Trinajstić information content (AvgIpc) is 2.96. The van der Waals surface area contributed by atoms with E-state index in [1.807, 2.05) is 42.5 Å². The van der Waals surface area contributed by atoms with Gasteiger partial charge in [0.2, 0.25) is 0 Å². The Morgan fingerprint density at radius 3 is 2.90 bits per heavy atom. The van der Waals surface area contributed by atoms with E-state index >= 15 is 0 Å². The van der Waals surface area contributed by atoms with Crippen LogP contribution in [0.15, 0.2) is 53.1 Å². The molecule has 0 saturated heterocycles. The molecule has 3 aromatic rings. The van der Waals surface area contributed by atoms with Gasteiger partial charge in [0.15, 0.2) is 11.3 Å². The van der Waals surface area contributed by atoms with Crippen LogP contribution in [0.25, 0.3) is 11.0 Å². The summed E-state index contributed by atoms with van der Waals surface area (Å²) in [5, 5.41) is 4.47. The zero-order valence-corrected chi connectivity index (χ0v) is 12.2. The van der Waals surface area contributed by atoms with Crippen LogP contribution >= 0.6 is 0 Å². The van der Waals surface area contributed by atoms with Crippen molar-refractivity contribution >= 4 is 11.0 Å². The molecule has 4 nitrogen and oxygen atoms in total. The van der Waals surface area contributed by atoms with Crippen molar-refractivity contribution in [2.24, 2.45) is 0 Å². The van der Waals surface area contributed by atoms with Gasteiger partial charge in [0, 0.05) is 17.6 Å². The Bertz CT molecular complexity index is 722. The predicted molar refractivity (Wildman–Crippen MR) is 82.3 cm³/mol. The average molecular weight is 282 g/mol. The maximum absolute atomic E-state index is 5.87. The van der Waals surface area contributed by atoms with E-state index in [1.54, 1.807) is 13.3 Å². The SMILES string of the molecule is COc1cccc2cc(CNC(C)c3ccccn3)oc12. The summed E-state index contributed by atoms with van der Waals surface area (Å²) >= 11 is 0. The van der Waals surface area contributed by atoms with Crippen LogP contribution in [0.1, 0.15) is 24.4 Å². The molecule has 1 atom stereocenters. The van der Waals surface area contributed by atoms with Crippen molar-refractivity contribution in [2.75, 3.05) is 7.11 Å². The lowest BCUT2D eigenvalue weighted by Crippen LogP contribution is -2.18. The standard InChI is InChI=1S/C17H18N2O2/c1-12(15-7-3-4-9-18-15)19-11-14-10-13-6-5-8-16(20-2)17(13)21-14/h3-10,12,19H,11H2,1-2H3. The Labute approximate surface area is 123 Å². The van der Waals surface area contributed by atoms with Gasteiger partial charge in [-0.15, -0.1) is 0 Å². The maximum atomic E-state index is 5.87. The first-order valence-electron chi connectivity index (χ1n) is 6.97. The minimum Gasteiger partial charge on any atom is -0.493 e. The number of rotatable bonds is 5. The molecular formula is C17H18N2O2. The molecule has 0 radical (unpaired) electrons. The van der Waals surface area contributed by atoms with Gasteiger partial charge in [0.05, 0.1) is 19.3 Å². The van der Waals surface area contributed by atoms with Crippen molar-refractivity contribution in [3.8, 4) is 5.75 Å². The van der Waals surface area contributed by atoms with Crippen molar-refractivity contribution in [2.45, 2.75) is 19.5 Å². The smallest absolute Gasteiger partial charge is 0.176 e. The lowest BCUT2D eigenvalue weighted by Gasteiger charge is -2.11. The third-order valence-electron chi connectivity index (χ3n) is 3.49. The minimum atomic E-state index is 0.168. The van der Waals surface area contributed by atoms with Crippen molar-refractivity contribution in [3.63, 3.8) is 0 Å². The lowest BCUT2D eigenvalue weighted by molar-refractivity contribution is 0.404. The molecule has 3 rings (SSSR count). The number of aromatic nitrogens is 1. The fourth-order valence-electron chi connectivity index (χ4n) is 2.33. The monoisotopic (exact) mass is 282 g/mol. The first kappa shape index (κ1) is 13.6. The number of methoxy groups -OCH3 is 1. The molecule has 0 aliphatic carbocycles. The fraction of sp³-hybridized carbons (Fsp3) is 0.235. The largest absolute Gasteiger partial charge is 0.493 e. The van der Waals surface area contributed by atoms with Gasteiger partial charge >= 0.3 is 0 Å². The van der Waals surface area contributed by atoms with Crippen LogP contribution in [-0.2, 0) is 6.54 Å². The minimum absolute atomic E-state index is 0.168. The first-order valence-corrected chi connectivity index (χ1v) is 6.97. The van der Waals surface area contributed by atoms with Crippen molar-refractivity contribution in [1.29, 1.82) is 0 Å². The summed E-state index contributed by atoms with van der Waals surface area (Å²) in [7, 11) is 1.65. The zero-order valence-electron chi connectivity index (χ0n) is 12.2. The van der Waals surface area contributed by atoms with Gasteiger partial charge in [0.25, 0.3) is 0 Å². The Kier molecular flexibility index (Phi) is 3.88. The molecular weight excluding hydrogens is 264 g/mol. The van der Waals surface area contributed by atoms with Crippen LogP contribution in [0.4, 0.5) is 0 Å². The van der Waals surface area contributed by atoms with Gasteiger partial charge in [0.1, 0.15) is 5.76 Å². The highest BCUT2D eigenvalue weighted by Crippen LogP contribution is 2.28. The van der Waals surface area contributed by atoms with Crippen molar-refractivity contribution in [3.05, 3.63) is 60.1 Å². The Balaban J connectivity index is 1.74. The van der Waals surface area contributed by atoms with Crippen molar-refractivity contribution < 1.29 is 9.15 Å². The number of furan rings is 1. The van der Waals surface area contributed by atoms with E-state index in [0.29, 0.717) is 6.54 Å². The molecule has 0 aliphatic rings. The van der Waals surface area contributed by atoms with Crippen molar-refractivity contribution in [1.82, 2.24) is 10.3 Å². The molecule has 0 spiro atoms. The Morgan fingerprint density at radius 2 is 2.14 bits per heavy atom. The second kappa shape index (κ2) is 5.97. The Morgan fingerprint density at radius 1 is 1.24 bits per heavy atom. The normalized spacial score (nSPS) is 12.5. The number of hydrogen-bond acceptors (Lipinski definition) is 4. The number of ether oxygens (including phenoxy) is 1. The lowest BCUT2D eigenvalue weighted by atomic mass is 10.2. The molecule has 1 aromatic carbocycles. The molecule has 0 saturated carbocycles. The summed E-state index contributed by atoms with van der Waals surface area (Å²) in [5.41, 5.74) is 1.81. The van der Waals surface area contributed by atoms with E-state index in [4.69, 9.17) is 9.15 Å². The quantitative estimate of drug-likeness (QED) is 0.775. The molecule has 21 heavy (non-hydrogen) atoms. The van der Waals surface area contributed by atoms with E-state index in [-0.39, 0.29) is 6.04 Å². The maximum Gasteiger partial charge on any atom is 0.176 e. The summed E-state index contributed by atoms with van der Waals surface area (Å²) in [6.07, 6.45) is 1.81. The summed E-state index contributed by atoms with van der Waals surface area (Å²) in [4.78, 5) is 4.35. The molecule has 1 unspecified atom stereocenters. The summed E-state index contributed by atoms with van der Waals surface area (Å²) in [5.74, 6) is 1.65. The highest BCUT2D eigenvalue weighted by atomic mass is 16.5. The number of pyridine rings is 1. The number of benzene rings is 1. The summed E-state index contributed by atoms with van der Waals surface area (Å²) in [6.45, 7) is 2.74.